The van der Waals surface area contributed by atoms with Crippen molar-refractivity contribution < 1.29 is 14.6 Å². The summed E-state index contributed by atoms with van der Waals surface area (Å²) in [7, 11) is 0. The molecule has 6 heteroatoms. The first-order valence-corrected chi connectivity index (χ1v) is 7.16. The summed E-state index contributed by atoms with van der Waals surface area (Å²) in [5.74, 6) is -0.644. The fourth-order valence-electron chi connectivity index (χ4n) is 1.86. The van der Waals surface area contributed by atoms with Crippen molar-refractivity contribution in [2.45, 2.75) is 13.8 Å². The Bertz CT molecular complexity index is 547. The van der Waals surface area contributed by atoms with Crippen molar-refractivity contribution in [1.29, 1.82) is 5.26 Å². The number of esters is 1. The van der Waals surface area contributed by atoms with Crippen LogP contribution in [0, 0.1) is 11.3 Å². The minimum absolute atomic E-state index is 0.0820. The third kappa shape index (κ3) is 5.11. The topological polar surface area (TPSA) is 85.6 Å². The molecule has 0 unspecified atom stereocenters. The van der Waals surface area contributed by atoms with E-state index in [9.17, 15) is 4.79 Å². The van der Waals surface area contributed by atoms with Gasteiger partial charge in [-0.05, 0) is 38.1 Å². The first-order chi connectivity index (χ1) is 10.7. The monoisotopic (exact) mass is 303 g/mol. The average molecular weight is 303 g/mol. The predicted octanol–water partition coefficient (Wildman–Crippen LogP) is 1.89. The van der Waals surface area contributed by atoms with Crippen LogP contribution in [0.2, 0.25) is 0 Å². The molecule has 0 aliphatic heterocycles. The van der Waals surface area contributed by atoms with Crippen LogP contribution in [0.3, 0.4) is 0 Å². The second kappa shape index (κ2) is 9.42. The number of nitrogens with zero attached hydrogens (tertiary/aromatic N) is 2. The Labute approximate surface area is 130 Å². The Balaban J connectivity index is 2.75. The number of aliphatic hydroxyl groups is 1. The number of nitriles is 1. The van der Waals surface area contributed by atoms with Gasteiger partial charge in [0.1, 0.15) is 6.07 Å². The van der Waals surface area contributed by atoms with Gasteiger partial charge in [-0.3, -0.25) is 0 Å². The van der Waals surface area contributed by atoms with Crippen molar-refractivity contribution in [3.8, 4) is 6.07 Å². The maximum Gasteiger partial charge on any atom is 0.350 e. The van der Waals surface area contributed by atoms with Crippen LogP contribution in [0.1, 0.15) is 13.8 Å². The zero-order valence-corrected chi connectivity index (χ0v) is 12.9. The summed E-state index contributed by atoms with van der Waals surface area (Å²) in [4.78, 5) is 13.5. The van der Waals surface area contributed by atoms with Crippen LogP contribution in [-0.2, 0) is 9.53 Å². The fourth-order valence-corrected chi connectivity index (χ4v) is 1.86. The molecule has 22 heavy (non-hydrogen) atoms. The number of nitrogens with one attached hydrogen (secondary N) is 1. The molecule has 0 saturated carbocycles. The molecule has 0 amide bonds. The number of benzene rings is 1. The van der Waals surface area contributed by atoms with Gasteiger partial charge in [-0.25, -0.2) is 4.79 Å². The fraction of sp³-hybridized carbons (Fsp3) is 0.375. The lowest BCUT2D eigenvalue weighted by Gasteiger charge is -2.22. The van der Waals surface area contributed by atoms with Crippen LogP contribution in [0.25, 0.3) is 0 Å². The first-order valence-electron chi connectivity index (χ1n) is 7.16. The molecule has 0 spiro atoms. The third-order valence-electron chi connectivity index (χ3n) is 2.98. The SMILES string of the molecule is CCOC(=O)/C(C#N)=C/Nc1ccc(N(CC)CCO)cc1. The number of ether oxygens (including phenoxy) is 1. The molecule has 118 valence electrons. The van der Waals surface area contributed by atoms with E-state index >= 15 is 0 Å². The van der Waals surface area contributed by atoms with E-state index in [-0.39, 0.29) is 18.8 Å². The molecule has 0 aliphatic rings. The number of carbonyl (C=O) groups excluding carboxylic acids is 1. The molecule has 0 atom stereocenters. The number of hydrogen-bond donors (Lipinski definition) is 2. The summed E-state index contributed by atoms with van der Waals surface area (Å²) in [6.07, 6.45) is 1.33. The van der Waals surface area contributed by atoms with Gasteiger partial charge < -0.3 is 20.1 Å². The van der Waals surface area contributed by atoms with Crippen LogP contribution in [0.15, 0.2) is 36.0 Å². The minimum atomic E-state index is -0.644. The zero-order chi connectivity index (χ0) is 16.4. The Morgan fingerprint density at radius 3 is 2.59 bits per heavy atom. The lowest BCUT2D eigenvalue weighted by Crippen LogP contribution is -2.25. The summed E-state index contributed by atoms with van der Waals surface area (Å²) in [5, 5.41) is 20.8. The van der Waals surface area contributed by atoms with Crippen LogP contribution in [0.4, 0.5) is 11.4 Å². The summed E-state index contributed by atoms with van der Waals surface area (Å²) in [6.45, 7) is 5.40. The maximum atomic E-state index is 11.5. The maximum absolute atomic E-state index is 11.5. The molecular formula is C16H21N3O3. The van der Waals surface area contributed by atoms with Gasteiger partial charge in [0.05, 0.1) is 13.2 Å². The largest absolute Gasteiger partial charge is 0.462 e. The zero-order valence-electron chi connectivity index (χ0n) is 12.9. The molecular weight excluding hydrogens is 282 g/mol. The number of carbonyl (C=O) groups is 1. The standard InChI is InChI=1S/C16H21N3O3/c1-3-19(9-10-20)15-7-5-14(6-8-15)18-12-13(11-17)16(21)22-4-2/h5-8,12,18,20H,3-4,9-10H2,1-2H3/b13-12+. The molecule has 0 heterocycles. The highest BCUT2D eigenvalue weighted by atomic mass is 16.5. The van der Waals surface area contributed by atoms with Crippen molar-refractivity contribution in [2.75, 3.05) is 36.5 Å². The summed E-state index contributed by atoms with van der Waals surface area (Å²) in [5.41, 5.74) is 1.67. The van der Waals surface area contributed by atoms with E-state index in [1.54, 1.807) is 13.0 Å². The Morgan fingerprint density at radius 1 is 1.41 bits per heavy atom. The van der Waals surface area contributed by atoms with Gasteiger partial charge in [0, 0.05) is 30.7 Å². The van der Waals surface area contributed by atoms with Crippen molar-refractivity contribution in [2.24, 2.45) is 0 Å². The smallest absolute Gasteiger partial charge is 0.350 e. The predicted molar refractivity (Wildman–Crippen MR) is 85.4 cm³/mol. The van der Waals surface area contributed by atoms with Crippen LogP contribution >= 0.6 is 0 Å². The summed E-state index contributed by atoms with van der Waals surface area (Å²) >= 11 is 0. The molecule has 0 radical (unpaired) electrons. The number of rotatable bonds is 8. The third-order valence-corrected chi connectivity index (χ3v) is 2.98. The van der Waals surface area contributed by atoms with Gasteiger partial charge in [0.15, 0.2) is 5.57 Å². The van der Waals surface area contributed by atoms with E-state index in [1.807, 2.05) is 36.1 Å². The quantitative estimate of drug-likeness (QED) is 0.433. The molecule has 1 aromatic rings. The highest BCUT2D eigenvalue weighted by molar-refractivity contribution is 5.93. The van der Waals surface area contributed by atoms with Gasteiger partial charge in [-0.2, -0.15) is 5.26 Å². The molecule has 0 bridgehead atoms. The van der Waals surface area contributed by atoms with E-state index in [0.29, 0.717) is 6.54 Å². The van der Waals surface area contributed by atoms with Gasteiger partial charge in [-0.1, -0.05) is 0 Å². The van der Waals surface area contributed by atoms with Crippen LogP contribution in [0.5, 0.6) is 0 Å². The molecule has 0 saturated heterocycles. The van der Waals surface area contributed by atoms with Crippen molar-refractivity contribution >= 4 is 17.3 Å². The van der Waals surface area contributed by atoms with Crippen LogP contribution in [-0.4, -0.2) is 37.4 Å². The van der Waals surface area contributed by atoms with E-state index in [0.717, 1.165) is 17.9 Å². The lowest BCUT2D eigenvalue weighted by molar-refractivity contribution is -0.138. The molecule has 0 aliphatic carbocycles. The number of anilines is 2. The molecule has 1 aromatic carbocycles. The Morgan fingerprint density at radius 2 is 2.09 bits per heavy atom. The van der Waals surface area contributed by atoms with Crippen molar-refractivity contribution in [3.05, 3.63) is 36.0 Å². The van der Waals surface area contributed by atoms with Crippen LogP contribution < -0.4 is 10.2 Å². The molecule has 2 N–H and O–H groups in total. The number of hydrogen-bond acceptors (Lipinski definition) is 6. The number of likely N-dealkylation sites (N-methyl/N-ethyl adjacent to an activating group) is 1. The second-order valence-corrected chi connectivity index (χ2v) is 4.38. The summed E-state index contributed by atoms with van der Waals surface area (Å²) in [6, 6.07) is 9.30. The van der Waals surface area contributed by atoms with E-state index < -0.39 is 5.97 Å². The lowest BCUT2D eigenvalue weighted by atomic mass is 10.2. The Hall–Kier alpha value is -2.52. The second-order valence-electron chi connectivity index (χ2n) is 4.38. The van der Waals surface area contributed by atoms with Crippen molar-refractivity contribution in [3.63, 3.8) is 0 Å². The highest BCUT2D eigenvalue weighted by Crippen LogP contribution is 2.18. The van der Waals surface area contributed by atoms with E-state index in [4.69, 9.17) is 15.1 Å². The first kappa shape index (κ1) is 17.5. The average Bonchev–Trinajstić information content (AvgIpc) is 2.54. The number of aliphatic hydroxyl groups excluding tert-OH is 1. The van der Waals surface area contributed by atoms with Gasteiger partial charge in [0.25, 0.3) is 0 Å². The molecule has 0 aromatic heterocycles. The summed E-state index contributed by atoms with van der Waals surface area (Å²) < 4.78 is 4.78. The van der Waals surface area contributed by atoms with Gasteiger partial charge in [-0.15, -0.1) is 0 Å². The normalized spacial score (nSPS) is 10.7. The van der Waals surface area contributed by atoms with Gasteiger partial charge >= 0.3 is 5.97 Å². The van der Waals surface area contributed by atoms with Crippen molar-refractivity contribution in [1.82, 2.24) is 0 Å². The molecule has 1 rings (SSSR count). The highest BCUT2D eigenvalue weighted by Gasteiger charge is 2.09. The van der Waals surface area contributed by atoms with E-state index in [1.165, 1.54) is 6.20 Å². The van der Waals surface area contributed by atoms with E-state index in [2.05, 4.69) is 5.32 Å². The minimum Gasteiger partial charge on any atom is -0.462 e. The van der Waals surface area contributed by atoms with Gasteiger partial charge in [0.2, 0.25) is 0 Å². The molecule has 0 fully saturated rings. The Kier molecular flexibility index (Phi) is 7.51. The molecule has 6 nitrogen and oxygen atoms in total.